The Bertz CT molecular complexity index is 956. The molecular formula is C23H22N2O4. The number of esters is 1. The van der Waals surface area contributed by atoms with Crippen molar-refractivity contribution in [1.29, 1.82) is 0 Å². The summed E-state index contributed by atoms with van der Waals surface area (Å²) in [6.45, 7) is 2.06. The molecule has 3 aromatic carbocycles. The van der Waals surface area contributed by atoms with Crippen molar-refractivity contribution in [2.45, 2.75) is 6.92 Å². The van der Waals surface area contributed by atoms with Gasteiger partial charge in [-0.2, -0.15) is 0 Å². The van der Waals surface area contributed by atoms with Gasteiger partial charge in [-0.1, -0.05) is 30.3 Å². The summed E-state index contributed by atoms with van der Waals surface area (Å²) < 4.78 is 10.8. The Kier molecular flexibility index (Phi) is 6.84. The number of carbonyl (C=O) groups is 2. The van der Waals surface area contributed by atoms with Crippen LogP contribution in [0.1, 0.15) is 17.3 Å². The zero-order chi connectivity index (χ0) is 20.5. The molecule has 1 amide bonds. The summed E-state index contributed by atoms with van der Waals surface area (Å²) in [5.74, 6) is 0.721. The molecule has 3 rings (SSSR count). The minimum atomic E-state index is -0.467. The van der Waals surface area contributed by atoms with Gasteiger partial charge in [0.2, 0.25) is 5.91 Å². The van der Waals surface area contributed by atoms with Crippen molar-refractivity contribution in [2.75, 3.05) is 23.8 Å². The fourth-order valence-corrected chi connectivity index (χ4v) is 2.62. The second-order valence-corrected chi connectivity index (χ2v) is 6.11. The highest BCUT2D eigenvalue weighted by Gasteiger charge is 2.13. The maximum atomic E-state index is 12.3. The second-order valence-electron chi connectivity index (χ2n) is 6.11. The first kappa shape index (κ1) is 19.9. The quantitative estimate of drug-likeness (QED) is 0.545. The van der Waals surface area contributed by atoms with Crippen molar-refractivity contribution in [2.24, 2.45) is 0 Å². The number of amides is 1. The van der Waals surface area contributed by atoms with E-state index in [9.17, 15) is 9.59 Å². The summed E-state index contributed by atoms with van der Waals surface area (Å²) in [6, 6.07) is 23.6. The summed E-state index contributed by atoms with van der Waals surface area (Å²) in [7, 11) is 0. The van der Waals surface area contributed by atoms with E-state index in [2.05, 4.69) is 10.6 Å². The number of anilines is 2. The molecule has 2 N–H and O–H groups in total. The summed E-state index contributed by atoms with van der Waals surface area (Å²) in [5.41, 5.74) is 1.52. The Morgan fingerprint density at radius 1 is 0.828 bits per heavy atom. The number of hydrogen-bond donors (Lipinski definition) is 2. The molecular weight excluding hydrogens is 368 g/mol. The predicted molar refractivity (Wildman–Crippen MR) is 112 cm³/mol. The fraction of sp³-hybridized carbons (Fsp3) is 0.130. The Labute approximate surface area is 169 Å². The van der Waals surface area contributed by atoms with Crippen LogP contribution in [-0.2, 0) is 9.53 Å². The largest absolute Gasteiger partial charge is 0.462 e. The number of carbonyl (C=O) groups excluding carboxylic acids is 2. The second kappa shape index (κ2) is 9.94. The highest BCUT2D eigenvalue weighted by Crippen LogP contribution is 2.22. The molecule has 0 fully saturated rings. The van der Waals surface area contributed by atoms with Crippen molar-refractivity contribution in [3.05, 3.63) is 84.4 Å². The van der Waals surface area contributed by atoms with Crippen LogP contribution in [0.25, 0.3) is 0 Å². The molecule has 0 radical (unpaired) electrons. The molecule has 148 valence electrons. The molecule has 6 heteroatoms. The molecule has 0 saturated carbocycles. The van der Waals surface area contributed by atoms with E-state index in [0.717, 1.165) is 11.4 Å². The molecule has 0 aliphatic heterocycles. The zero-order valence-electron chi connectivity index (χ0n) is 16.1. The van der Waals surface area contributed by atoms with Crippen LogP contribution >= 0.6 is 0 Å². The van der Waals surface area contributed by atoms with Crippen molar-refractivity contribution in [3.63, 3.8) is 0 Å². The zero-order valence-corrected chi connectivity index (χ0v) is 16.1. The summed E-state index contributed by atoms with van der Waals surface area (Å²) in [5, 5.41) is 5.78. The third-order valence-corrected chi connectivity index (χ3v) is 3.98. The van der Waals surface area contributed by atoms with Gasteiger partial charge in [-0.15, -0.1) is 0 Å². The van der Waals surface area contributed by atoms with E-state index in [1.807, 2.05) is 54.6 Å². The van der Waals surface area contributed by atoms with Gasteiger partial charge >= 0.3 is 5.97 Å². The first-order chi connectivity index (χ1) is 14.2. The van der Waals surface area contributed by atoms with Crippen molar-refractivity contribution >= 4 is 23.3 Å². The highest BCUT2D eigenvalue weighted by molar-refractivity contribution is 6.02. The number of hydrogen-bond acceptors (Lipinski definition) is 5. The van der Waals surface area contributed by atoms with E-state index >= 15 is 0 Å². The van der Waals surface area contributed by atoms with Gasteiger partial charge in [0.15, 0.2) is 0 Å². The minimum Gasteiger partial charge on any atom is -0.462 e. The molecule has 29 heavy (non-hydrogen) atoms. The number of rotatable bonds is 8. The lowest BCUT2D eigenvalue weighted by atomic mass is 10.2. The van der Waals surface area contributed by atoms with Gasteiger partial charge in [0.1, 0.15) is 11.5 Å². The van der Waals surface area contributed by atoms with Crippen molar-refractivity contribution in [3.8, 4) is 11.5 Å². The lowest BCUT2D eigenvalue weighted by Gasteiger charge is -2.12. The van der Waals surface area contributed by atoms with Gasteiger partial charge in [-0.25, -0.2) is 4.79 Å². The summed E-state index contributed by atoms with van der Waals surface area (Å²) in [6.07, 6.45) is 0. The van der Waals surface area contributed by atoms with Crippen LogP contribution in [0.15, 0.2) is 78.9 Å². The van der Waals surface area contributed by atoms with Crippen LogP contribution in [0.2, 0.25) is 0 Å². The summed E-state index contributed by atoms with van der Waals surface area (Å²) >= 11 is 0. The fourth-order valence-electron chi connectivity index (χ4n) is 2.62. The van der Waals surface area contributed by atoms with Gasteiger partial charge in [-0.3, -0.25) is 4.79 Å². The maximum absolute atomic E-state index is 12.3. The maximum Gasteiger partial charge on any atom is 0.340 e. The van der Waals surface area contributed by atoms with Crippen LogP contribution in [0.3, 0.4) is 0 Å². The van der Waals surface area contributed by atoms with Crippen LogP contribution in [0.5, 0.6) is 11.5 Å². The topological polar surface area (TPSA) is 76.7 Å². The van der Waals surface area contributed by atoms with Crippen molar-refractivity contribution in [1.82, 2.24) is 0 Å². The lowest BCUT2D eigenvalue weighted by molar-refractivity contribution is -0.114. The van der Waals surface area contributed by atoms with E-state index < -0.39 is 5.97 Å². The van der Waals surface area contributed by atoms with Crippen LogP contribution < -0.4 is 15.4 Å². The normalized spacial score (nSPS) is 10.1. The number of ether oxygens (including phenoxy) is 2. The number of para-hydroxylation sites is 2. The number of benzene rings is 3. The molecule has 6 nitrogen and oxygen atoms in total. The van der Waals surface area contributed by atoms with Gasteiger partial charge in [-0.05, 0) is 55.5 Å². The van der Waals surface area contributed by atoms with Gasteiger partial charge in [0, 0.05) is 5.69 Å². The van der Waals surface area contributed by atoms with Gasteiger partial charge in [0.05, 0.1) is 24.4 Å². The predicted octanol–water partition coefficient (Wildman–Crippen LogP) is 4.71. The van der Waals surface area contributed by atoms with Crippen LogP contribution in [0.4, 0.5) is 11.4 Å². The minimum absolute atomic E-state index is 0.0516. The highest BCUT2D eigenvalue weighted by atomic mass is 16.5. The first-order valence-electron chi connectivity index (χ1n) is 9.28. The number of nitrogens with one attached hydrogen (secondary N) is 2. The van der Waals surface area contributed by atoms with Crippen molar-refractivity contribution < 1.29 is 19.1 Å². The molecule has 0 unspecified atom stereocenters. The first-order valence-corrected chi connectivity index (χ1v) is 9.28. The van der Waals surface area contributed by atoms with Crippen LogP contribution in [-0.4, -0.2) is 25.0 Å². The van der Waals surface area contributed by atoms with E-state index in [4.69, 9.17) is 9.47 Å². The molecule has 0 spiro atoms. The standard InChI is InChI=1S/C23H22N2O4/c1-2-28-23(27)20-10-6-7-11-21(20)25-22(26)16-24-17-12-14-19(15-13-17)29-18-8-4-3-5-9-18/h3-15,24H,2,16H2,1H3,(H,25,26). The Hall–Kier alpha value is -3.80. The van der Waals surface area contributed by atoms with Gasteiger partial charge in [0.25, 0.3) is 0 Å². The van der Waals surface area contributed by atoms with E-state index in [0.29, 0.717) is 17.0 Å². The molecule has 0 aromatic heterocycles. The smallest absolute Gasteiger partial charge is 0.340 e. The molecule has 0 aliphatic carbocycles. The monoisotopic (exact) mass is 390 g/mol. The average molecular weight is 390 g/mol. The molecule has 0 bridgehead atoms. The molecule has 0 saturated heterocycles. The van der Waals surface area contributed by atoms with Crippen LogP contribution in [0, 0.1) is 0 Å². The van der Waals surface area contributed by atoms with E-state index in [-0.39, 0.29) is 19.1 Å². The Morgan fingerprint density at radius 3 is 2.21 bits per heavy atom. The Balaban J connectivity index is 1.54. The molecule has 0 aliphatic rings. The van der Waals surface area contributed by atoms with E-state index in [1.165, 1.54) is 0 Å². The molecule has 3 aromatic rings. The third kappa shape index (κ3) is 5.84. The van der Waals surface area contributed by atoms with E-state index in [1.54, 1.807) is 31.2 Å². The third-order valence-electron chi connectivity index (χ3n) is 3.98. The molecule has 0 heterocycles. The molecule has 0 atom stereocenters. The lowest BCUT2D eigenvalue weighted by Crippen LogP contribution is -2.23. The SMILES string of the molecule is CCOC(=O)c1ccccc1NC(=O)CNc1ccc(Oc2ccccc2)cc1. The van der Waals surface area contributed by atoms with Gasteiger partial charge < -0.3 is 20.1 Å². The Morgan fingerprint density at radius 2 is 1.48 bits per heavy atom. The summed E-state index contributed by atoms with van der Waals surface area (Å²) in [4.78, 5) is 24.3. The average Bonchev–Trinajstić information content (AvgIpc) is 2.74.